The van der Waals surface area contributed by atoms with E-state index in [2.05, 4.69) is 0 Å². The molecule has 208 valence electrons. The lowest BCUT2D eigenvalue weighted by Gasteiger charge is -2.25. The van der Waals surface area contributed by atoms with Crippen molar-refractivity contribution in [3.05, 3.63) is 121 Å². The monoisotopic (exact) mass is 570 g/mol. The molecular weight excluding hydrogens is 544 g/mol. The van der Waals surface area contributed by atoms with Crippen LogP contribution in [0.1, 0.15) is 29.7 Å². The van der Waals surface area contributed by atoms with Gasteiger partial charge in [-0.05, 0) is 36.3 Å². The summed E-state index contributed by atoms with van der Waals surface area (Å²) in [6.07, 6.45) is 1.70. The van der Waals surface area contributed by atoms with E-state index in [9.17, 15) is 14.4 Å². The summed E-state index contributed by atoms with van der Waals surface area (Å²) in [7, 11) is 1.45. The van der Waals surface area contributed by atoms with Crippen LogP contribution in [-0.2, 0) is 14.3 Å². The van der Waals surface area contributed by atoms with Crippen LogP contribution in [0.3, 0.4) is 0 Å². The summed E-state index contributed by atoms with van der Waals surface area (Å²) in [5.74, 6) is -1.06. The van der Waals surface area contributed by atoms with Crippen LogP contribution in [0.5, 0.6) is 11.5 Å². The van der Waals surface area contributed by atoms with Crippen LogP contribution in [0.4, 0.5) is 0 Å². The Balaban J connectivity index is 1.72. The first-order chi connectivity index (χ1) is 19.9. The van der Waals surface area contributed by atoms with Gasteiger partial charge in [-0.1, -0.05) is 78.1 Å². The van der Waals surface area contributed by atoms with E-state index in [0.717, 1.165) is 11.1 Å². The average molecular weight is 571 g/mol. The number of carbonyl (C=O) groups is 2. The molecule has 0 aliphatic carbocycles. The molecule has 9 nitrogen and oxygen atoms in total. The summed E-state index contributed by atoms with van der Waals surface area (Å²) in [6.45, 7) is 1.39. The molecule has 41 heavy (non-hydrogen) atoms. The average Bonchev–Trinajstić information content (AvgIpc) is 3.30. The van der Waals surface area contributed by atoms with E-state index in [1.54, 1.807) is 31.2 Å². The van der Waals surface area contributed by atoms with E-state index in [1.165, 1.54) is 23.0 Å². The third kappa shape index (κ3) is 5.68. The maximum Gasteiger partial charge on any atom is 0.341 e. The minimum Gasteiger partial charge on any atom is -0.493 e. The first-order valence-electron chi connectivity index (χ1n) is 12.8. The van der Waals surface area contributed by atoms with Gasteiger partial charge >= 0.3 is 11.9 Å². The molecule has 1 aliphatic heterocycles. The predicted molar refractivity (Wildman–Crippen MR) is 154 cm³/mol. The standard InChI is InChI=1S/C31H26N2O7S/c1-3-39-30(37)26-27(20-10-6-4-7-11-20)32-31-33(28(26)21-12-8-5-9-13-21)29(36)24(41-31)17-19-14-15-22(23(16-19)38-2)40-18-25(34)35/h4-17,28H,3,18H2,1-2H3,(H,34,35)/b24-17+/t28-/m0/s1. The molecule has 0 spiro atoms. The van der Waals surface area contributed by atoms with Crippen molar-refractivity contribution in [2.75, 3.05) is 20.3 Å². The van der Waals surface area contributed by atoms with E-state index >= 15 is 0 Å². The maximum atomic E-state index is 14.0. The Morgan fingerprint density at radius 3 is 2.39 bits per heavy atom. The number of methoxy groups -OCH3 is 1. The highest BCUT2D eigenvalue weighted by Crippen LogP contribution is 2.35. The highest BCUT2D eigenvalue weighted by atomic mass is 32.1. The number of aromatic nitrogens is 1. The molecular formula is C31H26N2O7S. The van der Waals surface area contributed by atoms with Crippen molar-refractivity contribution in [1.82, 2.24) is 4.57 Å². The van der Waals surface area contributed by atoms with E-state index in [4.69, 9.17) is 24.3 Å². The number of esters is 1. The number of carboxylic acids is 1. The first-order valence-corrected chi connectivity index (χ1v) is 13.6. The van der Waals surface area contributed by atoms with Crippen molar-refractivity contribution in [3.8, 4) is 11.5 Å². The van der Waals surface area contributed by atoms with Crippen LogP contribution < -0.4 is 24.4 Å². The summed E-state index contributed by atoms with van der Waals surface area (Å²) in [4.78, 5) is 43.6. The molecule has 1 aliphatic rings. The molecule has 2 heterocycles. The molecule has 0 unspecified atom stereocenters. The fourth-order valence-corrected chi connectivity index (χ4v) is 5.58. The minimum atomic E-state index is -1.11. The molecule has 3 aromatic carbocycles. The van der Waals surface area contributed by atoms with Gasteiger partial charge in [0, 0.05) is 5.56 Å². The van der Waals surface area contributed by atoms with Crippen molar-refractivity contribution in [2.24, 2.45) is 4.99 Å². The normalized spacial score (nSPS) is 14.7. The summed E-state index contributed by atoms with van der Waals surface area (Å²) in [6, 6.07) is 22.9. The summed E-state index contributed by atoms with van der Waals surface area (Å²) in [5, 5.41) is 8.93. The van der Waals surface area contributed by atoms with Gasteiger partial charge in [-0.25, -0.2) is 14.6 Å². The Bertz CT molecular complexity index is 1810. The van der Waals surface area contributed by atoms with Crippen molar-refractivity contribution in [3.63, 3.8) is 0 Å². The maximum absolute atomic E-state index is 14.0. The molecule has 4 aromatic rings. The zero-order valence-electron chi connectivity index (χ0n) is 22.3. The number of benzene rings is 3. The van der Waals surface area contributed by atoms with Gasteiger partial charge in [0.2, 0.25) is 0 Å². The lowest BCUT2D eigenvalue weighted by atomic mass is 9.93. The number of ether oxygens (including phenoxy) is 3. The number of carbonyl (C=O) groups excluding carboxylic acids is 1. The highest BCUT2D eigenvalue weighted by Gasteiger charge is 2.35. The zero-order chi connectivity index (χ0) is 28.9. The van der Waals surface area contributed by atoms with Gasteiger partial charge in [0.1, 0.15) is 0 Å². The number of carboxylic acid groups (broad SMARTS) is 1. The second-order valence-corrected chi connectivity index (χ2v) is 9.94. The Morgan fingerprint density at radius 1 is 1.02 bits per heavy atom. The molecule has 0 saturated heterocycles. The van der Waals surface area contributed by atoms with E-state index in [1.807, 2.05) is 60.7 Å². The van der Waals surface area contributed by atoms with E-state index < -0.39 is 24.6 Å². The predicted octanol–water partition coefficient (Wildman–Crippen LogP) is 3.41. The molecule has 0 saturated carbocycles. The third-order valence-electron chi connectivity index (χ3n) is 6.33. The molecule has 1 atom stereocenters. The molecule has 10 heteroatoms. The second-order valence-electron chi connectivity index (χ2n) is 8.93. The first kappa shape index (κ1) is 27.6. The van der Waals surface area contributed by atoms with Gasteiger partial charge in [-0.2, -0.15) is 0 Å². The Labute approximate surface area is 238 Å². The third-order valence-corrected chi connectivity index (χ3v) is 7.31. The largest absolute Gasteiger partial charge is 0.493 e. The SMILES string of the molecule is CCOC(=O)C1=C(c2ccccc2)N=c2s/c(=C/c3ccc(OCC(=O)O)c(OC)c3)c(=O)n2[C@H]1c1ccccc1. The van der Waals surface area contributed by atoms with Gasteiger partial charge in [-0.15, -0.1) is 0 Å². The molecule has 0 bridgehead atoms. The van der Waals surface area contributed by atoms with E-state index in [0.29, 0.717) is 26.3 Å². The zero-order valence-corrected chi connectivity index (χ0v) is 23.1. The highest BCUT2D eigenvalue weighted by molar-refractivity contribution is 7.07. The smallest absolute Gasteiger partial charge is 0.341 e. The minimum absolute atomic E-state index is 0.171. The van der Waals surface area contributed by atoms with Crippen molar-refractivity contribution >= 4 is 35.0 Å². The molecule has 1 N–H and O–H groups in total. The number of aliphatic carboxylic acids is 1. The lowest BCUT2D eigenvalue weighted by Crippen LogP contribution is -2.39. The number of nitrogens with zero attached hydrogens (tertiary/aromatic N) is 2. The number of fused-ring (bicyclic) bond motifs is 1. The van der Waals surface area contributed by atoms with Crippen molar-refractivity contribution < 1.29 is 28.9 Å². The van der Waals surface area contributed by atoms with Crippen LogP contribution in [0.2, 0.25) is 0 Å². The van der Waals surface area contributed by atoms with Gasteiger partial charge in [0.05, 0.1) is 35.6 Å². The molecule has 0 radical (unpaired) electrons. The number of hydrogen-bond donors (Lipinski definition) is 1. The van der Waals surface area contributed by atoms with Crippen LogP contribution in [-0.4, -0.2) is 41.9 Å². The van der Waals surface area contributed by atoms with Gasteiger partial charge in [0.25, 0.3) is 5.56 Å². The Morgan fingerprint density at radius 2 is 1.73 bits per heavy atom. The van der Waals surface area contributed by atoms with Gasteiger partial charge in [0.15, 0.2) is 22.9 Å². The van der Waals surface area contributed by atoms with Crippen LogP contribution in [0.25, 0.3) is 11.8 Å². The fraction of sp³-hybridized carbons (Fsp3) is 0.161. The van der Waals surface area contributed by atoms with Crippen LogP contribution in [0, 0.1) is 0 Å². The number of hydrogen-bond acceptors (Lipinski definition) is 8. The van der Waals surface area contributed by atoms with Crippen LogP contribution in [0.15, 0.2) is 94.2 Å². The van der Waals surface area contributed by atoms with Gasteiger partial charge in [-0.3, -0.25) is 9.36 Å². The second kappa shape index (κ2) is 12.1. The topological polar surface area (TPSA) is 116 Å². The molecule has 0 amide bonds. The summed E-state index contributed by atoms with van der Waals surface area (Å²) < 4.78 is 18.1. The van der Waals surface area contributed by atoms with Crippen LogP contribution >= 0.6 is 11.3 Å². The van der Waals surface area contributed by atoms with Crippen molar-refractivity contribution in [2.45, 2.75) is 13.0 Å². The Kier molecular flexibility index (Phi) is 8.11. The summed E-state index contributed by atoms with van der Waals surface area (Å²) >= 11 is 1.20. The lowest BCUT2D eigenvalue weighted by molar-refractivity contribution is -0.140. The number of thiazole rings is 1. The fourth-order valence-electron chi connectivity index (χ4n) is 4.58. The Hall–Kier alpha value is -4.96. The molecule has 0 fully saturated rings. The summed E-state index contributed by atoms with van der Waals surface area (Å²) in [5.41, 5.74) is 2.53. The quantitative estimate of drug-likeness (QED) is 0.307. The van der Waals surface area contributed by atoms with Crippen molar-refractivity contribution in [1.29, 1.82) is 0 Å². The molecule has 1 aromatic heterocycles. The van der Waals surface area contributed by atoms with Gasteiger partial charge < -0.3 is 19.3 Å². The van der Waals surface area contributed by atoms with E-state index in [-0.39, 0.29) is 23.5 Å². The molecule has 5 rings (SSSR count). The number of rotatable bonds is 9.